The molecule has 7 rings (SSSR count). The van der Waals surface area contributed by atoms with E-state index in [1.54, 1.807) is 0 Å². The van der Waals surface area contributed by atoms with Gasteiger partial charge in [0.1, 0.15) is 18.2 Å². The van der Waals surface area contributed by atoms with E-state index < -0.39 is 11.7 Å². The van der Waals surface area contributed by atoms with Crippen molar-refractivity contribution in [2.75, 3.05) is 7.05 Å². The molecule has 1 aromatic carbocycles. The quantitative estimate of drug-likeness (QED) is 0.520. The molecule has 0 spiro atoms. The third kappa shape index (κ3) is 3.88. The van der Waals surface area contributed by atoms with Crippen LogP contribution in [0.4, 0.5) is 13.2 Å². The molecule has 0 saturated heterocycles. The minimum absolute atomic E-state index is 0.0540. The lowest BCUT2D eigenvalue weighted by Gasteiger charge is -2.69. The summed E-state index contributed by atoms with van der Waals surface area (Å²) in [7, 11) is 3.93. The van der Waals surface area contributed by atoms with Crippen LogP contribution in [0.2, 0.25) is 0 Å². The van der Waals surface area contributed by atoms with Crippen molar-refractivity contribution in [3.63, 3.8) is 0 Å². The second kappa shape index (κ2) is 8.29. The molecule has 0 aliphatic heterocycles. The number of nitrogens with one attached hydrogen (secondary N) is 1. The molecule has 0 unspecified atom stereocenters. The molecule has 11 heteroatoms. The summed E-state index contributed by atoms with van der Waals surface area (Å²) in [6.07, 6.45) is 5.15. The zero-order valence-electron chi connectivity index (χ0n) is 20.4. The SMILES string of the molecule is CNC12CC(c3cn(C4CCC(c5nnc(COc6cccc(C(F)(F)F)c6)n5C)CC4)nn3)(C1)C2. The van der Waals surface area contributed by atoms with Crippen LogP contribution in [0.5, 0.6) is 5.75 Å². The number of alkyl halides is 3. The number of ether oxygens (including phenoxy) is 1. The molecule has 4 fully saturated rings. The number of halogens is 3. The van der Waals surface area contributed by atoms with Crippen LogP contribution in [0.3, 0.4) is 0 Å². The van der Waals surface area contributed by atoms with E-state index in [9.17, 15) is 13.2 Å². The van der Waals surface area contributed by atoms with Crippen molar-refractivity contribution in [3.8, 4) is 5.75 Å². The molecule has 2 aromatic heterocycles. The Morgan fingerprint density at radius 3 is 2.53 bits per heavy atom. The Balaban J connectivity index is 1.05. The molecule has 4 aliphatic carbocycles. The Labute approximate surface area is 207 Å². The summed E-state index contributed by atoms with van der Waals surface area (Å²) in [6.45, 7) is 0.0540. The molecule has 2 bridgehead atoms. The maximum Gasteiger partial charge on any atom is 0.416 e. The van der Waals surface area contributed by atoms with Crippen LogP contribution < -0.4 is 10.1 Å². The Bertz CT molecular complexity index is 1240. The molecular formula is C25H30F3N7O. The smallest absolute Gasteiger partial charge is 0.416 e. The van der Waals surface area contributed by atoms with Crippen LogP contribution in [-0.2, 0) is 25.2 Å². The topological polar surface area (TPSA) is 82.7 Å². The van der Waals surface area contributed by atoms with E-state index in [-0.39, 0.29) is 23.7 Å². The molecule has 36 heavy (non-hydrogen) atoms. The standard InChI is InChI=1S/C25H30F3N7O/c1-29-24-13-23(14-24,15-24)20-11-35(33-30-20)18-8-6-16(7-9-18)22-32-31-21(34(22)2)12-36-19-5-3-4-17(10-19)25(26,27)28/h3-5,10-11,16,18,29H,6-9,12-15H2,1-2H3. The van der Waals surface area contributed by atoms with E-state index in [1.807, 2.05) is 18.7 Å². The first-order valence-corrected chi connectivity index (χ1v) is 12.5. The largest absolute Gasteiger partial charge is 0.486 e. The van der Waals surface area contributed by atoms with Gasteiger partial charge in [0, 0.05) is 30.1 Å². The van der Waals surface area contributed by atoms with Gasteiger partial charge in [-0.25, -0.2) is 4.68 Å². The van der Waals surface area contributed by atoms with Gasteiger partial charge in [-0.05, 0) is 70.2 Å². The van der Waals surface area contributed by atoms with Crippen molar-refractivity contribution < 1.29 is 17.9 Å². The minimum atomic E-state index is -4.41. The number of hydrogen-bond acceptors (Lipinski definition) is 6. The van der Waals surface area contributed by atoms with E-state index in [2.05, 4.69) is 36.7 Å². The zero-order valence-corrected chi connectivity index (χ0v) is 20.4. The summed E-state index contributed by atoms with van der Waals surface area (Å²) in [6, 6.07) is 5.21. The van der Waals surface area contributed by atoms with E-state index in [1.165, 1.54) is 12.1 Å². The second-order valence-corrected chi connectivity index (χ2v) is 10.8. The van der Waals surface area contributed by atoms with Gasteiger partial charge in [0.05, 0.1) is 17.3 Å². The average Bonchev–Trinajstić information content (AvgIpc) is 3.43. The van der Waals surface area contributed by atoms with Crippen LogP contribution >= 0.6 is 0 Å². The Morgan fingerprint density at radius 1 is 1.08 bits per heavy atom. The van der Waals surface area contributed by atoms with Gasteiger partial charge in [0.2, 0.25) is 0 Å². The highest BCUT2D eigenvalue weighted by atomic mass is 19.4. The van der Waals surface area contributed by atoms with E-state index in [0.717, 1.165) is 68.6 Å². The minimum Gasteiger partial charge on any atom is -0.486 e. The van der Waals surface area contributed by atoms with Gasteiger partial charge in [-0.1, -0.05) is 11.3 Å². The normalized spacial score (nSPS) is 29.5. The highest BCUT2D eigenvalue weighted by molar-refractivity contribution is 5.36. The van der Waals surface area contributed by atoms with E-state index in [4.69, 9.17) is 4.74 Å². The molecule has 0 amide bonds. The maximum atomic E-state index is 12.9. The maximum absolute atomic E-state index is 12.9. The Kier molecular flexibility index (Phi) is 5.40. The monoisotopic (exact) mass is 501 g/mol. The summed E-state index contributed by atoms with van der Waals surface area (Å²) in [5, 5.41) is 21.1. The number of rotatable bonds is 7. The molecule has 2 heterocycles. The van der Waals surface area contributed by atoms with Crippen molar-refractivity contribution >= 4 is 0 Å². The van der Waals surface area contributed by atoms with Crippen molar-refractivity contribution in [1.82, 2.24) is 35.1 Å². The average molecular weight is 502 g/mol. The van der Waals surface area contributed by atoms with Gasteiger partial charge in [-0.15, -0.1) is 15.3 Å². The van der Waals surface area contributed by atoms with Crippen LogP contribution in [0.15, 0.2) is 30.5 Å². The molecule has 3 aromatic rings. The Morgan fingerprint density at radius 2 is 1.83 bits per heavy atom. The van der Waals surface area contributed by atoms with Gasteiger partial charge in [-0.3, -0.25) is 0 Å². The van der Waals surface area contributed by atoms with Crippen LogP contribution in [-0.4, -0.2) is 42.3 Å². The lowest BCUT2D eigenvalue weighted by molar-refractivity contribution is -0.137. The third-order valence-corrected chi connectivity index (χ3v) is 8.58. The first-order valence-electron chi connectivity index (χ1n) is 12.5. The van der Waals surface area contributed by atoms with Crippen molar-refractivity contribution in [1.29, 1.82) is 0 Å². The molecular weight excluding hydrogens is 471 g/mol. The number of hydrogen-bond donors (Lipinski definition) is 1. The van der Waals surface area contributed by atoms with E-state index >= 15 is 0 Å². The molecule has 0 radical (unpaired) electrons. The third-order valence-electron chi connectivity index (χ3n) is 8.58. The summed E-state index contributed by atoms with van der Waals surface area (Å²) >= 11 is 0. The first kappa shape index (κ1) is 23.4. The highest BCUT2D eigenvalue weighted by Crippen LogP contribution is 2.67. The van der Waals surface area contributed by atoms with Crippen LogP contribution in [0.1, 0.15) is 79.8 Å². The van der Waals surface area contributed by atoms with Crippen LogP contribution in [0, 0.1) is 0 Å². The fraction of sp³-hybridized carbons (Fsp3) is 0.600. The number of aromatic nitrogens is 6. The van der Waals surface area contributed by atoms with Gasteiger partial charge >= 0.3 is 6.18 Å². The highest BCUT2D eigenvalue weighted by Gasteiger charge is 2.69. The fourth-order valence-electron chi connectivity index (χ4n) is 6.39. The summed E-state index contributed by atoms with van der Waals surface area (Å²) < 4.78 is 48.4. The first-order chi connectivity index (χ1) is 17.2. The van der Waals surface area contributed by atoms with Gasteiger partial charge in [-0.2, -0.15) is 13.2 Å². The van der Waals surface area contributed by atoms with Gasteiger partial charge in [0.15, 0.2) is 5.82 Å². The lowest BCUT2D eigenvalue weighted by Crippen LogP contribution is -2.75. The summed E-state index contributed by atoms with van der Waals surface area (Å²) in [5.74, 6) is 1.91. The molecule has 192 valence electrons. The zero-order chi connectivity index (χ0) is 25.1. The molecule has 8 nitrogen and oxygen atoms in total. The van der Waals surface area contributed by atoms with Crippen molar-refractivity contribution in [2.24, 2.45) is 7.05 Å². The number of benzene rings is 1. The molecule has 4 saturated carbocycles. The predicted molar refractivity (Wildman–Crippen MR) is 124 cm³/mol. The fourth-order valence-corrected chi connectivity index (χ4v) is 6.39. The molecule has 0 atom stereocenters. The Hall–Kier alpha value is -2.95. The van der Waals surface area contributed by atoms with Gasteiger partial charge in [0.25, 0.3) is 0 Å². The van der Waals surface area contributed by atoms with Gasteiger partial charge < -0.3 is 14.6 Å². The predicted octanol–water partition coefficient (Wildman–Crippen LogP) is 4.30. The van der Waals surface area contributed by atoms with Crippen molar-refractivity contribution in [2.45, 2.75) is 80.6 Å². The van der Waals surface area contributed by atoms with E-state index in [0.29, 0.717) is 17.4 Å². The molecule has 1 N–H and O–H groups in total. The lowest BCUT2D eigenvalue weighted by atomic mass is 9.38. The summed E-state index contributed by atoms with van der Waals surface area (Å²) in [5.41, 5.74) is 0.986. The second-order valence-electron chi connectivity index (χ2n) is 10.8. The number of nitrogens with zero attached hydrogens (tertiary/aromatic N) is 6. The summed E-state index contributed by atoms with van der Waals surface area (Å²) in [4.78, 5) is 0. The van der Waals surface area contributed by atoms with Crippen molar-refractivity contribution in [3.05, 3.63) is 53.4 Å². The molecule has 4 aliphatic rings. The van der Waals surface area contributed by atoms with Crippen LogP contribution in [0.25, 0.3) is 0 Å².